The second kappa shape index (κ2) is 14.6. The molecule has 0 radical (unpaired) electrons. The number of hydrogen-bond acceptors (Lipinski definition) is 6. The molecule has 2 saturated heterocycles. The maximum Gasteiger partial charge on any atom is 0.248 e. The van der Waals surface area contributed by atoms with Crippen LogP contribution in [0.4, 0.5) is 0 Å². The van der Waals surface area contributed by atoms with Crippen LogP contribution in [0, 0.1) is 5.41 Å². The van der Waals surface area contributed by atoms with Gasteiger partial charge in [-0.3, -0.25) is 23.9 Å². The fourth-order valence-corrected chi connectivity index (χ4v) is 5.74. The normalized spacial score (nSPS) is 21.1. The molecule has 1 aromatic heterocycles. The Morgan fingerprint density at radius 2 is 1.82 bits per heavy atom. The molecule has 0 aromatic carbocycles. The highest BCUT2D eigenvalue weighted by Crippen LogP contribution is 2.37. The average Bonchev–Trinajstić information content (AvgIpc) is 3.35. The van der Waals surface area contributed by atoms with Crippen LogP contribution >= 0.6 is 0 Å². The first-order chi connectivity index (χ1) is 19.0. The van der Waals surface area contributed by atoms with Crippen molar-refractivity contribution >= 4 is 23.6 Å². The number of aryl methyl sites for hydroxylation is 2. The van der Waals surface area contributed by atoms with Gasteiger partial charge in [-0.2, -0.15) is 5.10 Å². The van der Waals surface area contributed by atoms with E-state index in [1.807, 2.05) is 22.7 Å². The average molecular weight is 561 g/mol. The van der Waals surface area contributed by atoms with Crippen molar-refractivity contribution in [2.45, 2.75) is 70.8 Å². The number of rotatable bonds is 7. The second-order valence-corrected chi connectivity index (χ2v) is 11.6. The largest absolute Gasteiger partial charge is 0.371 e. The van der Waals surface area contributed by atoms with Crippen LogP contribution in [0.15, 0.2) is 12.3 Å². The summed E-state index contributed by atoms with van der Waals surface area (Å²) in [5, 5.41) is 4.18. The lowest BCUT2D eigenvalue weighted by Gasteiger charge is -2.42. The van der Waals surface area contributed by atoms with Gasteiger partial charge in [-0.15, -0.1) is 0 Å². The Labute approximate surface area is 238 Å². The molecular weight excluding hydrogens is 512 g/mol. The summed E-state index contributed by atoms with van der Waals surface area (Å²) in [5.74, 6) is -0.152. The van der Waals surface area contributed by atoms with E-state index in [9.17, 15) is 19.2 Å². The molecule has 1 aromatic rings. The van der Waals surface area contributed by atoms with E-state index >= 15 is 0 Å². The first kappa shape index (κ1) is 31.6. The van der Waals surface area contributed by atoms with Crippen molar-refractivity contribution < 1.29 is 23.9 Å². The van der Waals surface area contributed by atoms with Gasteiger partial charge in [0.1, 0.15) is 12.6 Å². The summed E-state index contributed by atoms with van der Waals surface area (Å²) in [6, 6.07) is 1.36. The van der Waals surface area contributed by atoms with E-state index in [4.69, 9.17) is 4.74 Å². The van der Waals surface area contributed by atoms with E-state index in [1.54, 1.807) is 37.1 Å². The number of carbonyl (C=O) groups excluding carboxylic acids is 4. The molecule has 0 aliphatic carbocycles. The molecule has 224 valence electrons. The van der Waals surface area contributed by atoms with Gasteiger partial charge in [-0.05, 0) is 56.4 Å². The zero-order chi connectivity index (χ0) is 29.3. The van der Waals surface area contributed by atoms with E-state index in [2.05, 4.69) is 5.10 Å². The van der Waals surface area contributed by atoms with E-state index in [0.717, 1.165) is 37.8 Å². The van der Waals surface area contributed by atoms with Crippen LogP contribution in [-0.2, 0) is 37.4 Å². The number of carbonyl (C=O) groups is 4. The van der Waals surface area contributed by atoms with Crippen LogP contribution in [0.25, 0.3) is 0 Å². The SMILES string of the molecule is CC(=O)N(C)CCC[C@H]1C(=O)N(C)CCCCC2(CCN(C(=O)CCc3ccnn3C)CC2)COCC(=O)N1C. The molecule has 1 spiro atoms. The molecule has 2 fully saturated rings. The highest BCUT2D eigenvalue weighted by molar-refractivity contribution is 5.88. The molecule has 11 nitrogen and oxygen atoms in total. The summed E-state index contributed by atoms with van der Waals surface area (Å²) in [6.07, 6.45) is 8.45. The van der Waals surface area contributed by atoms with Crippen molar-refractivity contribution in [1.29, 1.82) is 0 Å². The number of ether oxygens (including phenoxy) is 1. The summed E-state index contributed by atoms with van der Waals surface area (Å²) in [5.41, 5.74) is 0.972. The quantitative estimate of drug-likeness (QED) is 0.503. The van der Waals surface area contributed by atoms with Gasteiger partial charge in [0.25, 0.3) is 0 Å². The molecule has 0 unspecified atom stereocenters. The molecule has 3 rings (SSSR count). The first-order valence-corrected chi connectivity index (χ1v) is 14.6. The van der Waals surface area contributed by atoms with Gasteiger partial charge < -0.3 is 24.3 Å². The molecule has 1 atom stereocenters. The summed E-state index contributed by atoms with van der Waals surface area (Å²) in [7, 11) is 7.10. The highest BCUT2D eigenvalue weighted by Gasteiger charge is 2.37. The minimum Gasteiger partial charge on any atom is -0.371 e. The van der Waals surface area contributed by atoms with E-state index in [0.29, 0.717) is 58.5 Å². The lowest BCUT2D eigenvalue weighted by Crippen LogP contribution is -2.49. The Balaban J connectivity index is 1.58. The molecule has 3 heterocycles. The molecule has 40 heavy (non-hydrogen) atoms. The van der Waals surface area contributed by atoms with Crippen LogP contribution in [0.5, 0.6) is 0 Å². The molecule has 0 bridgehead atoms. The predicted octanol–water partition coefficient (Wildman–Crippen LogP) is 1.71. The van der Waals surface area contributed by atoms with Crippen molar-refractivity contribution in [3.8, 4) is 0 Å². The Morgan fingerprint density at radius 3 is 2.48 bits per heavy atom. The van der Waals surface area contributed by atoms with Crippen LogP contribution in [0.1, 0.15) is 64.0 Å². The van der Waals surface area contributed by atoms with E-state index in [1.165, 1.54) is 11.8 Å². The molecule has 2 aliphatic heterocycles. The number of piperidine rings is 1. The monoisotopic (exact) mass is 560 g/mol. The minimum absolute atomic E-state index is 0.0231. The van der Waals surface area contributed by atoms with Crippen molar-refractivity contribution in [3.05, 3.63) is 18.0 Å². The molecule has 2 aliphatic rings. The lowest BCUT2D eigenvalue weighted by atomic mass is 9.75. The third kappa shape index (κ3) is 8.52. The zero-order valence-electron chi connectivity index (χ0n) is 25.1. The van der Waals surface area contributed by atoms with Crippen molar-refractivity contribution in [2.75, 3.05) is 60.5 Å². The Hall–Kier alpha value is -2.95. The summed E-state index contributed by atoms with van der Waals surface area (Å²) in [4.78, 5) is 57.7. The minimum atomic E-state index is -0.586. The molecule has 4 amide bonds. The summed E-state index contributed by atoms with van der Waals surface area (Å²) >= 11 is 0. The topological polar surface area (TPSA) is 108 Å². The number of nitrogens with zero attached hydrogens (tertiary/aromatic N) is 6. The molecular formula is C29H48N6O5. The lowest BCUT2D eigenvalue weighted by molar-refractivity contribution is -0.147. The predicted molar refractivity (Wildman–Crippen MR) is 151 cm³/mol. The third-order valence-electron chi connectivity index (χ3n) is 8.81. The van der Waals surface area contributed by atoms with Gasteiger partial charge in [-0.25, -0.2) is 0 Å². The summed E-state index contributed by atoms with van der Waals surface area (Å²) in [6.45, 7) is 4.46. The highest BCUT2D eigenvalue weighted by atomic mass is 16.5. The number of hydrogen-bond donors (Lipinski definition) is 0. The van der Waals surface area contributed by atoms with Crippen molar-refractivity contribution in [2.24, 2.45) is 12.5 Å². The van der Waals surface area contributed by atoms with Gasteiger partial charge in [0.05, 0.1) is 6.61 Å². The standard InChI is InChI=1S/C29H48N6O5/c1-23(36)31(2)18-8-9-25-28(39)32(3)17-7-6-13-29(22-40-21-27(38)33(25)4)14-19-35(20-15-29)26(37)11-10-24-12-16-30-34(24)5/h12,16,25H,6-11,13-15,17-22H2,1-5H3/t25-/m0/s1. The molecule has 0 saturated carbocycles. The van der Waals surface area contributed by atoms with Crippen LogP contribution < -0.4 is 0 Å². The first-order valence-electron chi connectivity index (χ1n) is 14.6. The van der Waals surface area contributed by atoms with E-state index in [-0.39, 0.29) is 35.7 Å². The smallest absolute Gasteiger partial charge is 0.248 e. The molecule has 0 N–H and O–H groups in total. The van der Waals surface area contributed by atoms with Gasteiger partial charge in [0, 0.05) is 79.6 Å². The maximum absolute atomic E-state index is 13.3. The number of likely N-dealkylation sites (N-methyl/N-ethyl adjacent to an activating group) is 2. The second-order valence-electron chi connectivity index (χ2n) is 11.6. The number of aromatic nitrogens is 2. The summed E-state index contributed by atoms with van der Waals surface area (Å²) < 4.78 is 7.84. The van der Waals surface area contributed by atoms with Gasteiger partial charge in [0.15, 0.2) is 0 Å². The Morgan fingerprint density at radius 1 is 1.10 bits per heavy atom. The van der Waals surface area contributed by atoms with E-state index < -0.39 is 6.04 Å². The zero-order valence-corrected chi connectivity index (χ0v) is 25.1. The Kier molecular flexibility index (Phi) is 11.5. The fourth-order valence-electron chi connectivity index (χ4n) is 5.74. The number of likely N-dealkylation sites (tertiary alicyclic amines) is 1. The fraction of sp³-hybridized carbons (Fsp3) is 0.759. The Bertz CT molecular complexity index is 1020. The van der Waals surface area contributed by atoms with Crippen LogP contribution in [0.2, 0.25) is 0 Å². The van der Waals surface area contributed by atoms with Gasteiger partial charge >= 0.3 is 0 Å². The third-order valence-corrected chi connectivity index (χ3v) is 8.81. The van der Waals surface area contributed by atoms with Crippen molar-refractivity contribution in [3.63, 3.8) is 0 Å². The maximum atomic E-state index is 13.3. The molecule has 11 heteroatoms. The van der Waals surface area contributed by atoms with Crippen LogP contribution in [-0.4, -0.2) is 120 Å². The van der Waals surface area contributed by atoms with Gasteiger partial charge in [-0.1, -0.05) is 6.42 Å². The number of amides is 4. The van der Waals surface area contributed by atoms with Crippen LogP contribution in [0.3, 0.4) is 0 Å². The van der Waals surface area contributed by atoms with Gasteiger partial charge in [0.2, 0.25) is 23.6 Å². The van der Waals surface area contributed by atoms with Crippen molar-refractivity contribution in [1.82, 2.24) is 29.4 Å².